The molecule has 0 aromatic heterocycles. The number of hydrogen-bond acceptors (Lipinski definition) is 3. The van der Waals surface area contributed by atoms with Crippen molar-refractivity contribution in [1.82, 2.24) is 10.2 Å². The number of allylic oxidation sites excluding steroid dienone is 1. The molecule has 1 N–H and O–H groups in total. The van der Waals surface area contributed by atoms with Gasteiger partial charge in [-0.25, -0.2) is 4.39 Å². The van der Waals surface area contributed by atoms with Crippen LogP contribution in [-0.2, 0) is 0 Å². The van der Waals surface area contributed by atoms with Gasteiger partial charge in [-0.05, 0) is 13.0 Å². The van der Waals surface area contributed by atoms with Gasteiger partial charge >= 0.3 is 0 Å². The second-order valence-electron chi connectivity index (χ2n) is 4.28. The second-order valence-corrected chi connectivity index (χ2v) is 4.28. The van der Waals surface area contributed by atoms with Crippen LogP contribution in [0.15, 0.2) is 16.9 Å². The van der Waals surface area contributed by atoms with Gasteiger partial charge in [0, 0.05) is 38.6 Å². The van der Waals surface area contributed by atoms with Gasteiger partial charge in [-0.3, -0.25) is 4.99 Å². The molecular weight excluding hydrogens is 193 g/mol. The number of hydrogen-bond donors (Lipinski definition) is 1. The SMILES string of the molecule is CC1N=CC(F)=CC1CN1CCNCC1. The molecular formula is C11H18FN3. The lowest BCUT2D eigenvalue weighted by Gasteiger charge is -2.31. The van der Waals surface area contributed by atoms with Crippen LogP contribution in [0.25, 0.3) is 0 Å². The molecule has 15 heavy (non-hydrogen) atoms. The average Bonchev–Trinajstić information content (AvgIpc) is 2.25. The van der Waals surface area contributed by atoms with Crippen LogP contribution in [0.1, 0.15) is 6.92 Å². The zero-order valence-electron chi connectivity index (χ0n) is 9.12. The van der Waals surface area contributed by atoms with Crippen LogP contribution < -0.4 is 5.32 Å². The van der Waals surface area contributed by atoms with Crippen molar-refractivity contribution in [2.45, 2.75) is 13.0 Å². The van der Waals surface area contributed by atoms with Crippen LogP contribution in [0.4, 0.5) is 4.39 Å². The fraction of sp³-hybridized carbons (Fsp3) is 0.727. The summed E-state index contributed by atoms with van der Waals surface area (Å²) >= 11 is 0. The van der Waals surface area contributed by atoms with E-state index in [9.17, 15) is 4.39 Å². The minimum Gasteiger partial charge on any atom is -0.314 e. The largest absolute Gasteiger partial charge is 0.314 e. The molecule has 3 nitrogen and oxygen atoms in total. The molecule has 0 aromatic rings. The fourth-order valence-corrected chi connectivity index (χ4v) is 2.08. The van der Waals surface area contributed by atoms with E-state index in [0.717, 1.165) is 32.7 Å². The van der Waals surface area contributed by atoms with Gasteiger partial charge in [0.1, 0.15) is 5.83 Å². The highest BCUT2D eigenvalue weighted by atomic mass is 19.1. The monoisotopic (exact) mass is 211 g/mol. The molecule has 0 radical (unpaired) electrons. The highest BCUT2D eigenvalue weighted by Crippen LogP contribution is 2.18. The van der Waals surface area contributed by atoms with Crippen molar-refractivity contribution in [3.63, 3.8) is 0 Å². The van der Waals surface area contributed by atoms with Gasteiger partial charge in [0.15, 0.2) is 0 Å². The molecule has 1 saturated heterocycles. The topological polar surface area (TPSA) is 27.6 Å². The molecule has 0 saturated carbocycles. The summed E-state index contributed by atoms with van der Waals surface area (Å²) in [5, 5.41) is 3.31. The first kappa shape index (κ1) is 10.8. The molecule has 4 heteroatoms. The van der Waals surface area contributed by atoms with Gasteiger partial charge in [-0.1, -0.05) is 0 Å². The Kier molecular flexibility index (Phi) is 3.49. The van der Waals surface area contributed by atoms with Crippen LogP contribution in [0, 0.1) is 5.92 Å². The summed E-state index contributed by atoms with van der Waals surface area (Å²) in [7, 11) is 0. The number of rotatable bonds is 2. The van der Waals surface area contributed by atoms with Crippen molar-refractivity contribution >= 4 is 6.21 Å². The van der Waals surface area contributed by atoms with Gasteiger partial charge < -0.3 is 10.2 Å². The summed E-state index contributed by atoms with van der Waals surface area (Å²) < 4.78 is 13.0. The Labute approximate surface area is 90.1 Å². The van der Waals surface area contributed by atoms with Crippen LogP contribution in [0.3, 0.4) is 0 Å². The maximum atomic E-state index is 13.0. The zero-order valence-corrected chi connectivity index (χ0v) is 9.12. The van der Waals surface area contributed by atoms with Gasteiger partial charge in [0.05, 0.1) is 12.3 Å². The quantitative estimate of drug-likeness (QED) is 0.733. The summed E-state index contributed by atoms with van der Waals surface area (Å²) in [6.45, 7) is 7.16. The predicted molar refractivity (Wildman–Crippen MR) is 59.9 cm³/mol. The molecule has 84 valence electrons. The van der Waals surface area contributed by atoms with E-state index in [0.29, 0.717) is 0 Å². The Bertz CT molecular complexity index is 269. The van der Waals surface area contributed by atoms with Crippen LogP contribution in [0.2, 0.25) is 0 Å². The lowest BCUT2D eigenvalue weighted by atomic mass is 9.98. The van der Waals surface area contributed by atoms with Crippen LogP contribution in [-0.4, -0.2) is 49.9 Å². The molecule has 2 aliphatic rings. The normalized spacial score (nSPS) is 32.8. The minimum atomic E-state index is -0.187. The number of halogens is 1. The van der Waals surface area contributed by atoms with E-state index in [1.807, 2.05) is 6.92 Å². The van der Waals surface area contributed by atoms with Gasteiger partial charge in [-0.2, -0.15) is 0 Å². The van der Waals surface area contributed by atoms with Crippen molar-refractivity contribution in [2.24, 2.45) is 10.9 Å². The average molecular weight is 211 g/mol. The lowest BCUT2D eigenvalue weighted by Crippen LogP contribution is -2.46. The third-order valence-electron chi connectivity index (χ3n) is 3.10. The Morgan fingerprint density at radius 3 is 3.00 bits per heavy atom. The smallest absolute Gasteiger partial charge is 0.137 e. The van der Waals surface area contributed by atoms with Crippen molar-refractivity contribution in [1.29, 1.82) is 0 Å². The van der Waals surface area contributed by atoms with Gasteiger partial charge in [-0.15, -0.1) is 0 Å². The Hall–Kier alpha value is -0.740. The highest BCUT2D eigenvalue weighted by molar-refractivity contribution is 5.76. The molecule has 2 unspecified atom stereocenters. The molecule has 2 atom stereocenters. The summed E-state index contributed by atoms with van der Waals surface area (Å²) in [4.78, 5) is 6.52. The Morgan fingerprint density at radius 1 is 1.53 bits per heavy atom. The number of aliphatic imine (C=N–C) groups is 1. The third kappa shape index (κ3) is 2.86. The number of nitrogens with zero attached hydrogens (tertiary/aromatic N) is 2. The summed E-state index contributed by atoms with van der Waals surface area (Å²) in [6, 6.07) is 0.208. The van der Waals surface area contributed by atoms with Crippen molar-refractivity contribution in [3.05, 3.63) is 11.9 Å². The summed E-state index contributed by atoms with van der Waals surface area (Å²) in [5.41, 5.74) is 0. The van der Waals surface area contributed by atoms with E-state index in [4.69, 9.17) is 0 Å². The van der Waals surface area contributed by atoms with Crippen molar-refractivity contribution < 1.29 is 4.39 Å². The fourth-order valence-electron chi connectivity index (χ4n) is 2.08. The molecule has 2 aliphatic heterocycles. The lowest BCUT2D eigenvalue weighted by molar-refractivity contribution is 0.210. The van der Waals surface area contributed by atoms with Crippen molar-refractivity contribution in [2.75, 3.05) is 32.7 Å². The van der Waals surface area contributed by atoms with Crippen LogP contribution in [0.5, 0.6) is 0 Å². The first-order valence-electron chi connectivity index (χ1n) is 5.59. The Morgan fingerprint density at radius 2 is 2.27 bits per heavy atom. The number of piperazine rings is 1. The van der Waals surface area contributed by atoms with E-state index in [1.165, 1.54) is 6.21 Å². The second kappa shape index (κ2) is 4.86. The first-order chi connectivity index (χ1) is 7.25. The maximum absolute atomic E-state index is 13.0. The molecule has 0 amide bonds. The molecule has 2 heterocycles. The van der Waals surface area contributed by atoms with Gasteiger partial charge in [0.25, 0.3) is 0 Å². The highest BCUT2D eigenvalue weighted by Gasteiger charge is 2.22. The number of nitrogens with one attached hydrogen (secondary N) is 1. The van der Waals surface area contributed by atoms with Gasteiger partial charge in [0.2, 0.25) is 0 Å². The molecule has 0 aromatic carbocycles. The van der Waals surface area contributed by atoms with E-state index < -0.39 is 0 Å². The number of dihydropyridines is 1. The first-order valence-corrected chi connectivity index (χ1v) is 5.59. The molecule has 0 aliphatic carbocycles. The van der Waals surface area contributed by atoms with E-state index in [2.05, 4.69) is 15.2 Å². The maximum Gasteiger partial charge on any atom is 0.137 e. The molecule has 0 spiro atoms. The van der Waals surface area contributed by atoms with E-state index >= 15 is 0 Å². The van der Waals surface area contributed by atoms with E-state index in [1.54, 1.807) is 6.08 Å². The standard InChI is InChI=1S/C11H18FN3/c1-9-10(6-11(12)7-14-9)8-15-4-2-13-3-5-15/h6-7,9-10,13H,2-5,8H2,1H3. The third-order valence-corrected chi connectivity index (χ3v) is 3.10. The molecule has 0 bridgehead atoms. The molecule has 2 rings (SSSR count). The molecule has 1 fully saturated rings. The Balaban J connectivity index is 1.90. The van der Waals surface area contributed by atoms with Crippen molar-refractivity contribution in [3.8, 4) is 0 Å². The summed E-state index contributed by atoms with van der Waals surface area (Å²) in [5.74, 6) is 0.0429. The predicted octanol–water partition coefficient (Wildman–Crippen LogP) is 0.834. The zero-order chi connectivity index (χ0) is 10.7. The minimum absolute atomic E-state index is 0.187. The van der Waals surface area contributed by atoms with Crippen LogP contribution >= 0.6 is 0 Å². The van der Waals surface area contributed by atoms with E-state index in [-0.39, 0.29) is 17.8 Å². The summed E-state index contributed by atoms with van der Waals surface area (Å²) in [6.07, 6.45) is 3.04.